The number of nitrogens with one attached hydrogen (secondary N) is 1. The number of ketones is 1. The molecule has 0 atom stereocenters. The molecular formula is C14H19NO3. The fraction of sp³-hybridized carbons (Fsp3) is 0.429. The van der Waals surface area contributed by atoms with Gasteiger partial charge in [0.15, 0.2) is 5.78 Å². The van der Waals surface area contributed by atoms with Crippen molar-refractivity contribution in [3.8, 4) is 0 Å². The normalized spacial score (nSPS) is 11.1. The van der Waals surface area contributed by atoms with E-state index >= 15 is 0 Å². The number of hydrogen-bond donors (Lipinski definition) is 2. The van der Waals surface area contributed by atoms with Gasteiger partial charge < -0.3 is 10.4 Å². The quantitative estimate of drug-likeness (QED) is 0.761. The summed E-state index contributed by atoms with van der Waals surface area (Å²) in [6, 6.07) is 7.21. The first-order chi connectivity index (χ1) is 8.30. The van der Waals surface area contributed by atoms with Crippen LogP contribution in [0.4, 0.5) is 5.69 Å². The predicted molar refractivity (Wildman–Crippen MR) is 71.0 cm³/mol. The summed E-state index contributed by atoms with van der Waals surface area (Å²) in [5.41, 5.74) is 1.15. The molecule has 0 aliphatic heterocycles. The third-order valence-corrected chi connectivity index (χ3v) is 2.67. The molecule has 0 aliphatic rings. The molecular weight excluding hydrogens is 230 g/mol. The van der Waals surface area contributed by atoms with E-state index in [0.717, 1.165) is 5.69 Å². The van der Waals surface area contributed by atoms with Gasteiger partial charge in [0.1, 0.15) is 0 Å². The van der Waals surface area contributed by atoms with Crippen molar-refractivity contribution in [2.24, 2.45) is 5.41 Å². The van der Waals surface area contributed by atoms with Crippen LogP contribution in [0.5, 0.6) is 0 Å². The van der Waals surface area contributed by atoms with Crippen LogP contribution in [0.3, 0.4) is 0 Å². The van der Waals surface area contributed by atoms with Crippen LogP contribution in [-0.4, -0.2) is 23.4 Å². The van der Waals surface area contributed by atoms with Crippen molar-refractivity contribution >= 4 is 17.4 Å². The molecule has 0 fully saturated rings. The van der Waals surface area contributed by atoms with Crippen LogP contribution in [0.25, 0.3) is 0 Å². The van der Waals surface area contributed by atoms with Crippen LogP contribution in [0, 0.1) is 5.41 Å². The zero-order chi connectivity index (χ0) is 13.8. The number of aliphatic carboxylic acids is 1. The lowest BCUT2D eigenvalue weighted by molar-refractivity contribution is -0.139. The van der Waals surface area contributed by atoms with Gasteiger partial charge in [0.25, 0.3) is 0 Å². The molecule has 1 aromatic rings. The maximum atomic E-state index is 11.2. The third-order valence-electron chi connectivity index (χ3n) is 2.67. The molecule has 4 nitrogen and oxygen atoms in total. The van der Waals surface area contributed by atoms with E-state index in [-0.39, 0.29) is 17.6 Å². The first-order valence-electron chi connectivity index (χ1n) is 5.87. The highest BCUT2D eigenvalue weighted by atomic mass is 16.4. The molecule has 0 bridgehead atoms. The summed E-state index contributed by atoms with van der Waals surface area (Å²) >= 11 is 0. The van der Waals surface area contributed by atoms with Crippen molar-refractivity contribution in [1.29, 1.82) is 0 Å². The molecule has 2 N–H and O–H groups in total. The molecule has 4 heteroatoms. The van der Waals surface area contributed by atoms with Gasteiger partial charge in [-0.3, -0.25) is 9.59 Å². The second-order valence-corrected chi connectivity index (χ2v) is 5.23. The monoisotopic (exact) mass is 249 g/mol. The number of rotatable bonds is 6. The Hall–Kier alpha value is -1.84. The lowest BCUT2D eigenvalue weighted by atomic mass is 9.89. The van der Waals surface area contributed by atoms with E-state index < -0.39 is 5.97 Å². The minimum absolute atomic E-state index is 0.0171. The van der Waals surface area contributed by atoms with E-state index in [1.54, 1.807) is 12.1 Å². The van der Waals surface area contributed by atoms with Gasteiger partial charge in [0.2, 0.25) is 0 Å². The van der Waals surface area contributed by atoms with Gasteiger partial charge in [0, 0.05) is 17.8 Å². The SMILES string of the molecule is CC(=O)c1cccc(NCC(C)(C)CC(=O)O)c1. The molecule has 0 heterocycles. The van der Waals surface area contributed by atoms with Crippen LogP contribution < -0.4 is 5.32 Å². The summed E-state index contributed by atoms with van der Waals surface area (Å²) in [6.07, 6.45) is 0.104. The minimum atomic E-state index is -0.806. The number of hydrogen-bond acceptors (Lipinski definition) is 3. The van der Waals surface area contributed by atoms with Gasteiger partial charge in [0.05, 0.1) is 6.42 Å². The van der Waals surface area contributed by atoms with Gasteiger partial charge in [-0.2, -0.15) is 0 Å². The smallest absolute Gasteiger partial charge is 0.303 e. The largest absolute Gasteiger partial charge is 0.481 e. The zero-order valence-electron chi connectivity index (χ0n) is 11.0. The highest BCUT2D eigenvalue weighted by Crippen LogP contribution is 2.21. The Morgan fingerprint density at radius 3 is 2.56 bits per heavy atom. The Balaban J connectivity index is 2.66. The number of benzene rings is 1. The summed E-state index contributed by atoms with van der Waals surface area (Å²) in [5.74, 6) is -0.789. The van der Waals surface area contributed by atoms with E-state index in [4.69, 9.17) is 5.11 Å². The molecule has 0 saturated heterocycles. The highest BCUT2D eigenvalue weighted by molar-refractivity contribution is 5.94. The number of carbonyl (C=O) groups excluding carboxylic acids is 1. The number of carbonyl (C=O) groups is 2. The molecule has 0 amide bonds. The Labute approximate surface area is 107 Å². The Morgan fingerprint density at radius 2 is 2.00 bits per heavy atom. The summed E-state index contributed by atoms with van der Waals surface area (Å²) < 4.78 is 0. The average molecular weight is 249 g/mol. The zero-order valence-corrected chi connectivity index (χ0v) is 11.0. The summed E-state index contributed by atoms with van der Waals surface area (Å²) in [5, 5.41) is 12.0. The van der Waals surface area contributed by atoms with Gasteiger partial charge in [-0.05, 0) is 24.5 Å². The first kappa shape index (κ1) is 14.2. The fourth-order valence-electron chi connectivity index (χ4n) is 1.66. The molecule has 0 radical (unpaired) electrons. The molecule has 0 spiro atoms. The molecule has 18 heavy (non-hydrogen) atoms. The second-order valence-electron chi connectivity index (χ2n) is 5.23. The Morgan fingerprint density at radius 1 is 1.33 bits per heavy atom. The summed E-state index contributed by atoms with van der Waals surface area (Å²) in [7, 11) is 0. The Bertz CT molecular complexity index is 452. The molecule has 98 valence electrons. The number of Topliss-reactive ketones (excluding diaryl/α,β-unsaturated/α-hetero) is 1. The minimum Gasteiger partial charge on any atom is -0.481 e. The molecule has 1 aromatic carbocycles. The van der Waals surface area contributed by atoms with Gasteiger partial charge in [-0.1, -0.05) is 26.0 Å². The van der Waals surface area contributed by atoms with Crippen molar-refractivity contribution < 1.29 is 14.7 Å². The maximum Gasteiger partial charge on any atom is 0.303 e. The summed E-state index contributed by atoms with van der Waals surface area (Å²) in [6.45, 7) is 5.85. The van der Waals surface area contributed by atoms with Gasteiger partial charge >= 0.3 is 5.97 Å². The second kappa shape index (κ2) is 5.67. The lowest BCUT2D eigenvalue weighted by Gasteiger charge is -2.23. The van der Waals surface area contributed by atoms with E-state index in [1.807, 2.05) is 26.0 Å². The third kappa shape index (κ3) is 4.57. The van der Waals surface area contributed by atoms with Crippen molar-refractivity contribution in [3.05, 3.63) is 29.8 Å². The van der Waals surface area contributed by atoms with Crippen LogP contribution in [-0.2, 0) is 4.79 Å². The van der Waals surface area contributed by atoms with Crippen LogP contribution in [0.1, 0.15) is 37.6 Å². The molecule has 0 unspecified atom stereocenters. The molecule has 1 rings (SSSR count). The Kier molecular flexibility index (Phi) is 4.48. The van der Waals surface area contributed by atoms with E-state index in [1.165, 1.54) is 6.92 Å². The van der Waals surface area contributed by atoms with Crippen LogP contribution in [0.2, 0.25) is 0 Å². The number of anilines is 1. The molecule has 0 saturated carbocycles. The first-order valence-corrected chi connectivity index (χ1v) is 5.87. The van der Waals surface area contributed by atoms with Gasteiger partial charge in [-0.25, -0.2) is 0 Å². The predicted octanol–water partition coefficient (Wildman–Crippen LogP) is 2.80. The highest BCUT2D eigenvalue weighted by Gasteiger charge is 2.21. The van der Waals surface area contributed by atoms with Crippen LogP contribution in [0.15, 0.2) is 24.3 Å². The van der Waals surface area contributed by atoms with Crippen molar-refractivity contribution in [1.82, 2.24) is 0 Å². The van der Waals surface area contributed by atoms with Crippen molar-refractivity contribution in [2.75, 3.05) is 11.9 Å². The van der Waals surface area contributed by atoms with Crippen molar-refractivity contribution in [3.63, 3.8) is 0 Å². The number of carboxylic acids is 1. The van der Waals surface area contributed by atoms with Crippen molar-refractivity contribution in [2.45, 2.75) is 27.2 Å². The lowest BCUT2D eigenvalue weighted by Crippen LogP contribution is -2.26. The topological polar surface area (TPSA) is 66.4 Å². The molecule has 0 aliphatic carbocycles. The van der Waals surface area contributed by atoms with E-state index in [0.29, 0.717) is 12.1 Å². The van der Waals surface area contributed by atoms with Gasteiger partial charge in [-0.15, -0.1) is 0 Å². The van der Waals surface area contributed by atoms with E-state index in [9.17, 15) is 9.59 Å². The average Bonchev–Trinajstić information content (AvgIpc) is 2.25. The molecule has 0 aromatic heterocycles. The maximum absolute atomic E-state index is 11.2. The van der Waals surface area contributed by atoms with Crippen LogP contribution >= 0.6 is 0 Å². The number of carboxylic acid groups (broad SMARTS) is 1. The summed E-state index contributed by atoms with van der Waals surface area (Å²) in [4.78, 5) is 21.9. The standard InChI is InChI=1S/C14H19NO3/c1-10(16)11-5-4-6-12(7-11)15-9-14(2,3)8-13(17)18/h4-7,15H,8-9H2,1-3H3,(H,17,18). The van der Waals surface area contributed by atoms with E-state index in [2.05, 4.69) is 5.32 Å². The fourth-order valence-corrected chi connectivity index (χ4v) is 1.66.